The quantitative estimate of drug-likeness (QED) is 0.852. The summed E-state index contributed by atoms with van der Waals surface area (Å²) in [5.74, 6) is 0.621. The monoisotopic (exact) mass is 289 g/mol. The molecule has 0 fully saturated rings. The van der Waals surface area contributed by atoms with Gasteiger partial charge in [0.15, 0.2) is 0 Å². The van der Waals surface area contributed by atoms with E-state index >= 15 is 0 Å². The molecule has 0 unspecified atom stereocenters. The van der Waals surface area contributed by atoms with Crippen molar-refractivity contribution < 1.29 is 0 Å². The van der Waals surface area contributed by atoms with Crippen molar-refractivity contribution >= 4 is 0 Å². The van der Waals surface area contributed by atoms with Crippen LogP contribution in [0.15, 0.2) is 18.5 Å². The highest BCUT2D eigenvalue weighted by atomic mass is 15.3. The van der Waals surface area contributed by atoms with E-state index in [2.05, 4.69) is 68.6 Å². The first kappa shape index (κ1) is 15.8. The predicted molar refractivity (Wildman–Crippen MR) is 85.0 cm³/mol. The molecule has 0 aliphatic rings. The van der Waals surface area contributed by atoms with Crippen molar-refractivity contribution in [2.24, 2.45) is 5.92 Å². The highest BCUT2D eigenvalue weighted by molar-refractivity contribution is 5.15. The lowest BCUT2D eigenvalue weighted by Crippen LogP contribution is -2.14. The molecular weight excluding hydrogens is 262 g/mol. The molecule has 116 valence electrons. The molecule has 5 nitrogen and oxygen atoms in total. The number of rotatable bonds is 7. The molecule has 21 heavy (non-hydrogen) atoms. The summed E-state index contributed by atoms with van der Waals surface area (Å²) in [6.45, 7) is 13.3. The summed E-state index contributed by atoms with van der Waals surface area (Å²) in [5.41, 5.74) is 3.44. The van der Waals surface area contributed by atoms with E-state index in [9.17, 15) is 0 Å². The predicted octanol–water partition coefficient (Wildman–Crippen LogP) is 2.91. The molecule has 0 saturated carbocycles. The van der Waals surface area contributed by atoms with Crippen LogP contribution in [-0.4, -0.2) is 19.6 Å². The molecule has 0 spiro atoms. The first-order valence-electron chi connectivity index (χ1n) is 7.73. The minimum atomic E-state index is 0.407. The van der Waals surface area contributed by atoms with Gasteiger partial charge in [-0.3, -0.25) is 9.36 Å². The largest absolute Gasteiger partial charge is 0.307 e. The Bertz CT molecular complexity index is 565. The summed E-state index contributed by atoms with van der Waals surface area (Å²) in [5, 5.41) is 12.5. The lowest BCUT2D eigenvalue weighted by atomic mass is 10.2. The highest BCUT2D eigenvalue weighted by Gasteiger charge is 2.07. The zero-order valence-corrected chi connectivity index (χ0v) is 13.8. The second kappa shape index (κ2) is 6.89. The Labute approximate surface area is 127 Å². The molecule has 2 aromatic heterocycles. The topological polar surface area (TPSA) is 47.7 Å². The van der Waals surface area contributed by atoms with Crippen molar-refractivity contribution in [2.45, 2.75) is 60.3 Å². The molecule has 0 bridgehead atoms. The first-order valence-corrected chi connectivity index (χ1v) is 7.73. The summed E-state index contributed by atoms with van der Waals surface area (Å²) in [6, 6.07) is 2.49. The van der Waals surface area contributed by atoms with Crippen molar-refractivity contribution in [2.75, 3.05) is 0 Å². The Morgan fingerprint density at radius 3 is 2.52 bits per heavy atom. The Morgan fingerprint density at radius 2 is 1.90 bits per heavy atom. The molecule has 0 atom stereocenters. The van der Waals surface area contributed by atoms with Gasteiger partial charge in [-0.1, -0.05) is 13.8 Å². The molecule has 0 aliphatic heterocycles. The molecule has 1 N–H and O–H groups in total. The van der Waals surface area contributed by atoms with Gasteiger partial charge in [-0.25, -0.2) is 0 Å². The first-order chi connectivity index (χ1) is 9.95. The Hall–Kier alpha value is -1.62. The van der Waals surface area contributed by atoms with E-state index in [1.165, 1.54) is 5.56 Å². The van der Waals surface area contributed by atoms with Gasteiger partial charge >= 0.3 is 0 Å². The Kier molecular flexibility index (Phi) is 5.17. The van der Waals surface area contributed by atoms with Crippen LogP contribution < -0.4 is 5.32 Å². The van der Waals surface area contributed by atoms with Crippen LogP contribution in [0, 0.1) is 12.8 Å². The van der Waals surface area contributed by atoms with Gasteiger partial charge in [-0.15, -0.1) is 0 Å². The van der Waals surface area contributed by atoms with Crippen molar-refractivity contribution in [1.29, 1.82) is 0 Å². The minimum absolute atomic E-state index is 0.407. The maximum atomic E-state index is 4.57. The fraction of sp³-hybridized carbons (Fsp3) is 0.625. The number of hydrogen-bond acceptors (Lipinski definition) is 3. The number of aromatic nitrogens is 4. The maximum Gasteiger partial charge on any atom is 0.0762 e. The van der Waals surface area contributed by atoms with Crippen LogP contribution in [0.25, 0.3) is 0 Å². The standard InChI is InChI=1S/C16H27N5/c1-12(2)10-20-7-6-16(19-20)9-17-8-15-11-21(13(3)4)18-14(15)5/h6-7,11-13,17H,8-10H2,1-5H3. The van der Waals surface area contributed by atoms with Crippen LogP contribution >= 0.6 is 0 Å². The average molecular weight is 289 g/mol. The van der Waals surface area contributed by atoms with E-state index < -0.39 is 0 Å². The maximum absolute atomic E-state index is 4.57. The number of nitrogens with zero attached hydrogens (tertiary/aromatic N) is 4. The lowest BCUT2D eigenvalue weighted by molar-refractivity contribution is 0.477. The van der Waals surface area contributed by atoms with Gasteiger partial charge < -0.3 is 5.32 Å². The summed E-state index contributed by atoms with van der Waals surface area (Å²) in [7, 11) is 0. The van der Waals surface area contributed by atoms with Gasteiger partial charge in [-0.05, 0) is 32.8 Å². The SMILES string of the molecule is Cc1nn(C(C)C)cc1CNCc1ccn(CC(C)C)n1. The van der Waals surface area contributed by atoms with Crippen molar-refractivity contribution in [3.8, 4) is 0 Å². The minimum Gasteiger partial charge on any atom is -0.307 e. The van der Waals surface area contributed by atoms with E-state index in [0.717, 1.165) is 31.0 Å². The molecule has 0 aromatic carbocycles. The van der Waals surface area contributed by atoms with Crippen molar-refractivity contribution in [3.05, 3.63) is 35.4 Å². The van der Waals surface area contributed by atoms with Crippen LogP contribution in [0.5, 0.6) is 0 Å². The van der Waals surface area contributed by atoms with Gasteiger partial charge in [0.05, 0.1) is 11.4 Å². The molecule has 2 rings (SSSR count). The van der Waals surface area contributed by atoms with Crippen LogP contribution in [0.2, 0.25) is 0 Å². The second-order valence-corrected chi connectivity index (χ2v) is 6.34. The fourth-order valence-electron chi connectivity index (χ4n) is 2.26. The van der Waals surface area contributed by atoms with Crippen LogP contribution in [0.1, 0.15) is 50.7 Å². The van der Waals surface area contributed by atoms with Gasteiger partial charge in [0.2, 0.25) is 0 Å². The van der Waals surface area contributed by atoms with Gasteiger partial charge in [0, 0.05) is 43.6 Å². The van der Waals surface area contributed by atoms with E-state index in [1.54, 1.807) is 0 Å². The van der Waals surface area contributed by atoms with Crippen molar-refractivity contribution in [1.82, 2.24) is 24.9 Å². The summed E-state index contributed by atoms with van der Waals surface area (Å²) in [6.07, 6.45) is 4.18. The van der Waals surface area contributed by atoms with Crippen LogP contribution in [-0.2, 0) is 19.6 Å². The van der Waals surface area contributed by atoms with Gasteiger partial charge in [0.25, 0.3) is 0 Å². The zero-order valence-electron chi connectivity index (χ0n) is 13.8. The number of hydrogen-bond donors (Lipinski definition) is 1. The highest BCUT2D eigenvalue weighted by Crippen LogP contribution is 2.10. The number of aryl methyl sites for hydroxylation is 1. The second-order valence-electron chi connectivity index (χ2n) is 6.34. The summed E-state index contributed by atoms with van der Waals surface area (Å²) >= 11 is 0. The summed E-state index contributed by atoms with van der Waals surface area (Å²) < 4.78 is 4.04. The molecule has 0 amide bonds. The molecule has 0 saturated heterocycles. The third kappa shape index (κ3) is 4.43. The van der Waals surface area contributed by atoms with E-state index in [-0.39, 0.29) is 0 Å². The van der Waals surface area contributed by atoms with E-state index in [4.69, 9.17) is 0 Å². The zero-order chi connectivity index (χ0) is 15.4. The third-order valence-corrected chi connectivity index (χ3v) is 3.42. The normalized spacial score (nSPS) is 11.8. The fourth-order valence-corrected chi connectivity index (χ4v) is 2.26. The van der Waals surface area contributed by atoms with Gasteiger partial charge in [0.1, 0.15) is 0 Å². The molecular formula is C16H27N5. The Morgan fingerprint density at radius 1 is 1.14 bits per heavy atom. The average Bonchev–Trinajstić information content (AvgIpc) is 2.97. The van der Waals surface area contributed by atoms with Crippen LogP contribution in [0.3, 0.4) is 0 Å². The molecule has 0 radical (unpaired) electrons. The van der Waals surface area contributed by atoms with Crippen LogP contribution in [0.4, 0.5) is 0 Å². The third-order valence-electron chi connectivity index (χ3n) is 3.42. The lowest BCUT2D eigenvalue weighted by Gasteiger charge is -2.05. The number of nitrogens with one attached hydrogen (secondary N) is 1. The Balaban J connectivity index is 1.85. The van der Waals surface area contributed by atoms with E-state index in [1.807, 2.05) is 9.36 Å². The van der Waals surface area contributed by atoms with E-state index in [0.29, 0.717) is 12.0 Å². The smallest absolute Gasteiger partial charge is 0.0762 e. The van der Waals surface area contributed by atoms with Gasteiger partial charge in [-0.2, -0.15) is 10.2 Å². The molecule has 2 heterocycles. The molecule has 5 heteroatoms. The summed E-state index contributed by atoms with van der Waals surface area (Å²) in [4.78, 5) is 0. The molecule has 0 aliphatic carbocycles. The van der Waals surface area contributed by atoms with Crippen molar-refractivity contribution in [3.63, 3.8) is 0 Å². The molecule has 2 aromatic rings.